The topological polar surface area (TPSA) is 67.2 Å². The Labute approximate surface area is 141 Å². The van der Waals surface area contributed by atoms with Crippen LogP contribution in [-0.4, -0.2) is 33.4 Å². The van der Waals surface area contributed by atoms with Gasteiger partial charge in [0.15, 0.2) is 0 Å². The maximum atomic E-state index is 12.2. The molecule has 0 aliphatic heterocycles. The van der Waals surface area contributed by atoms with Gasteiger partial charge in [-0.3, -0.25) is 4.79 Å². The van der Waals surface area contributed by atoms with Gasteiger partial charge in [-0.05, 0) is 44.5 Å². The molecule has 0 aliphatic carbocycles. The highest BCUT2D eigenvalue weighted by Crippen LogP contribution is 2.20. The Kier molecular flexibility index (Phi) is 5.80. The molecule has 0 bridgehead atoms. The molecule has 5 nitrogen and oxygen atoms in total. The normalized spacial score (nSPS) is 12.2. The highest BCUT2D eigenvalue weighted by molar-refractivity contribution is 6.30. The number of aromatic nitrogens is 2. The summed E-state index contributed by atoms with van der Waals surface area (Å²) < 4.78 is 1.82. The first kappa shape index (κ1) is 17.5. The minimum absolute atomic E-state index is 0.0513. The van der Waals surface area contributed by atoms with Gasteiger partial charge in [0.25, 0.3) is 0 Å². The molecule has 0 unspecified atom stereocenters. The summed E-state index contributed by atoms with van der Waals surface area (Å²) in [6, 6.07) is 7.21. The summed E-state index contributed by atoms with van der Waals surface area (Å²) in [7, 11) is 0. The van der Waals surface area contributed by atoms with Crippen LogP contribution in [0, 0.1) is 13.8 Å². The van der Waals surface area contributed by atoms with Crippen LogP contribution in [0.5, 0.6) is 0 Å². The van der Waals surface area contributed by atoms with Crippen LogP contribution in [-0.2, 0) is 11.2 Å². The molecule has 1 aromatic carbocycles. The van der Waals surface area contributed by atoms with Gasteiger partial charge in [-0.25, -0.2) is 4.68 Å². The Morgan fingerprint density at radius 3 is 2.57 bits per heavy atom. The monoisotopic (exact) mass is 335 g/mol. The van der Waals surface area contributed by atoms with E-state index in [2.05, 4.69) is 10.4 Å². The van der Waals surface area contributed by atoms with E-state index in [0.717, 1.165) is 22.6 Å². The van der Waals surface area contributed by atoms with E-state index in [1.165, 1.54) is 0 Å². The number of hydrogen-bond donors (Lipinski definition) is 2. The number of aliphatic hydroxyl groups excluding tert-OH is 1. The lowest BCUT2D eigenvalue weighted by Gasteiger charge is -2.14. The van der Waals surface area contributed by atoms with Gasteiger partial charge < -0.3 is 10.4 Å². The van der Waals surface area contributed by atoms with Crippen molar-refractivity contribution in [1.82, 2.24) is 15.1 Å². The second-order valence-electron chi connectivity index (χ2n) is 5.57. The molecule has 0 fully saturated rings. The Morgan fingerprint density at radius 2 is 2.00 bits per heavy atom. The van der Waals surface area contributed by atoms with Crippen molar-refractivity contribution >= 4 is 17.5 Å². The summed E-state index contributed by atoms with van der Waals surface area (Å²) in [5, 5.41) is 17.2. The maximum absolute atomic E-state index is 12.2. The third-order valence-corrected chi connectivity index (χ3v) is 4.18. The molecule has 0 aliphatic rings. The first-order valence-corrected chi connectivity index (χ1v) is 8.05. The summed E-state index contributed by atoms with van der Waals surface area (Å²) in [6.45, 7) is 5.71. The van der Waals surface area contributed by atoms with Crippen molar-refractivity contribution in [1.29, 1.82) is 0 Å². The van der Waals surface area contributed by atoms with E-state index in [-0.39, 0.29) is 25.0 Å². The Balaban J connectivity index is 2.21. The third-order valence-electron chi connectivity index (χ3n) is 3.93. The van der Waals surface area contributed by atoms with Gasteiger partial charge >= 0.3 is 0 Å². The zero-order valence-corrected chi connectivity index (χ0v) is 14.4. The molecule has 1 aromatic heterocycles. The Morgan fingerprint density at radius 1 is 1.35 bits per heavy atom. The molecule has 23 heavy (non-hydrogen) atoms. The molecule has 2 N–H and O–H groups in total. The average Bonchev–Trinajstić information content (AvgIpc) is 2.81. The second kappa shape index (κ2) is 7.62. The molecule has 2 aromatic rings. The van der Waals surface area contributed by atoms with Gasteiger partial charge in [0, 0.05) is 16.3 Å². The van der Waals surface area contributed by atoms with Gasteiger partial charge in [-0.1, -0.05) is 18.5 Å². The SMILES string of the molecule is CC[C@@H](CO)NC(=O)Cc1c(C)nn(-c2ccc(Cl)cc2)c1C. The fraction of sp³-hybridized carbons (Fsp3) is 0.412. The smallest absolute Gasteiger partial charge is 0.224 e. The van der Waals surface area contributed by atoms with Crippen molar-refractivity contribution in [3.05, 3.63) is 46.2 Å². The van der Waals surface area contributed by atoms with Crippen LogP contribution in [0.3, 0.4) is 0 Å². The lowest BCUT2D eigenvalue weighted by molar-refractivity contribution is -0.121. The predicted octanol–water partition coefficient (Wildman–Crippen LogP) is 2.57. The molecule has 1 atom stereocenters. The van der Waals surface area contributed by atoms with Gasteiger partial charge in [0.1, 0.15) is 0 Å². The molecule has 0 saturated carbocycles. The minimum atomic E-state index is -0.200. The summed E-state index contributed by atoms with van der Waals surface area (Å²) in [5.74, 6) is -0.104. The van der Waals surface area contributed by atoms with Crippen LogP contribution < -0.4 is 5.32 Å². The number of nitrogens with one attached hydrogen (secondary N) is 1. The van der Waals surface area contributed by atoms with Crippen molar-refractivity contribution in [2.75, 3.05) is 6.61 Å². The number of hydrogen-bond acceptors (Lipinski definition) is 3. The lowest BCUT2D eigenvalue weighted by Crippen LogP contribution is -2.38. The zero-order chi connectivity index (χ0) is 17.0. The quantitative estimate of drug-likeness (QED) is 0.852. The van der Waals surface area contributed by atoms with E-state index >= 15 is 0 Å². The number of carbonyl (C=O) groups excluding carboxylic acids is 1. The molecule has 1 amide bonds. The van der Waals surface area contributed by atoms with E-state index < -0.39 is 0 Å². The molecule has 0 radical (unpaired) electrons. The van der Waals surface area contributed by atoms with Crippen molar-refractivity contribution in [2.45, 2.75) is 39.7 Å². The number of aliphatic hydroxyl groups is 1. The van der Waals surface area contributed by atoms with E-state index in [4.69, 9.17) is 11.6 Å². The van der Waals surface area contributed by atoms with Crippen molar-refractivity contribution in [3.8, 4) is 5.69 Å². The summed E-state index contributed by atoms with van der Waals surface area (Å²) in [6.07, 6.45) is 0.950. The largest absolute Gasteiger partial charge is 0.394 e. The average molecular weight is 336 g/mol. The molecule has 2 rings (SSSR count). The molecule has 0 saturated heterocycles. The summed E-state index contributed by atoms with van der Waals surface area (Å²) in [4.78, 5) is 12.2. The van der Waals surface area contributed by atoms with E-state index in [9.17, 15) is 9.90 Å². The molecular formula is C17H22ClN3O2. The molecule has 0 spiro atoms. The summed E-state index contributed by atoms with van der Waals surface area (Å²) in [5.41, 5.74) is 3.57. The van der Waals surface area contributed by atoms with Crippen LogP contribution in [0.2, 0.25) is 5.02 Å². The zero-order valence-electron chi connectivity index (χ0n) is 13.6. The van der Waals surface area contributed by atoms with Crippen LogP contribution in [0.1, 0.15) is 30.3 Å². The fourth-order valence-electron chi connectivity index (χ4n) is 2.48. The molecular weight excluding hydrogens is 314 g/mol. The number of rotatable bonds is 6. The van der Waals surface area contributed by atoms with E-state index in [0.29, 0.717) is 11.4 Å². The van der Waals surface area contributed by atoms with Crippen molar-refractivity contribution in [3.63, 3.8) is 0 Å². The number of aryl methyl sites for hydroxylation is 1. The highest BCUT2D eigenvalue weighted by atomic mass is 35.5. The van der Waals surface area contributed by atoms with Gasteiger partial charge in [0.05, 0.1) is 30.5 Å². The third kappa shape index (κ3) is 4.12. The molecule has 124 valence electrons. The molecule has 1 heterocycles. The lowest BCUT2D eigenvalue weighted by atomic mass is 10.1. The predicted molar refractivity (Wildman–Crippen MR) is 91.1 cm³/mol. The Bertz CT molecular complexity index is 676. The number of nitrogens with zero attached hydrogens (tertiary/aromatic N) is 2. The van der Waals surface area contributed by atoms with Crippen molar-refractivity contribution in [2.24, 2.45) is 0 Å². The van der Waals surface area contributed by atoms with Gasteiger partial charge in [-0.15, -0.1) is 0 Å². The van der Waals surface area contributed by atoms with Crippen LogP contribution in [0.15, 0.2) is 24.3 Å². The highest BCUT2D eigenvalue weighted by Gasteiger charge is 2.17. The van der Waals surface area contributed by atoms with Gasteiger partial charge in [0.2, 0.25) is 5.91 Å². The van der Waals surface area contributed by atoms with Gasteiger partial charge in [-0.2, -0.15) is 5.10 Å². The second-order valence-corrected chi connectivity index (χ2v) is 6.01. The van der Waals surface area contributed by atoms with Crippen LogP contribution in [0.25, 0.3) is 5.69 Å². The number of halogens is 1. The van der Waals surface area contributed by atoms with Crippen LogP contribution >= 0.6 is 11.6 Å². The minimum Gasteiger partial charge on any atom is -0.394 e. The first-order valence-electron chi connectivity index (χ1n) is 7.67. The van der Waals surface area contributed by atoms with E-state index in [1.807, 2.05) is 49.7 Å². The standard InChI is InChI=1S/C17H22ClN3O2/c1-4-14(10-22)19-17(23)9-16-11(2)20-21(12(16)3)15-7-5-13(18)6-8-15/h5-8,14,22H,4,9-10H2,1-3H3,(H,19,23)/t14-/m0/s1. The van der Waals surface area contributed by atoms with E-state index in [1.54, 1.807) is 0 Å². The number of benzene rings is 1. The maximum Gasteiger partial charge on any atom is 0.224 e. The van der Waals surface area contributed by atoms with Crippen molar-refractivity contribution < 1.29 is 9.90 Å². The fourth-order valence-corrected chi connectivity index (χ4v) is 2.61. The molecule has 6 heteroatoms. The number of amides is 1. The summed E-state index contributed by atoms with van der Waals surface area (Å²) >= 11 is 5.92. The van der Waals surface area contributed by atoms with Crippen LogP contribution in [0.4, 0.5) is 0 Å². The number of carbonyl (C=O) groups is 1. The first-order chi connectivity index (χ1) is 11.0. The Hall–Kier alpha value is -1.85.